The van der Waals surface area contributed by atoms with Gasteiger partial charge in [0.25, 0.3) is 0 Å². The number of rotatable bonds is 4. The topological polar surface area (TPSA) is 36.3 Å². The predicted octanol–water partition coefficient (Wildman–Crippen LogP) is 1.22. The maximum atomic E-state index is 8.42. The van der Waals surface area contributed by atoms with Crippen molar-refractivity contribution in [2.45, 2.75) is 25.4 Å². The van der Waals surface area contributed by atoms with Crippen molar-refractivity contribution in [1.82, 2.24) is 4.90 Å². The Labute approximate surface area is 80.3 Å². The molecule has 0 atom stereocenters. The first-order valence-corrected chi connectivity index (χ1v) is 4.87. The Hall–Kier alpha value is -0.590. The van der Waals surface area contributed by atoms with E-state index in [1.165, 1.54) is 0 Å². The highest BCUT2D eigenvalue weighted by Gasteiger charge is 2.18. The number of hydrogen-bond donors (Lipinski definition) is 0. The lowest BCUT2D eigenvalue weighted by Crippen LogP contribution is -2.37. The maximum Gasteiger partial charge on any atom is 0.0635 e. The minimum Gasteiger partial charge on any atom is -0.378 e. The van der Waals surface area contributed by atoms with E-state index in [-0.39, 0.29) is 0 Å². The van der Waals surface area contributed by atoms with Gasteiger partial charge in [-0.05, 0) is 19.8 Å². The summed E-state index contributed by atoms with van der Waals surface area (Å²) in [6, 6.07) is 2.17. The highest BCUT2D eigenvalue weighted by atomic mass is 16.5. The molecule has 1 saturated heterocycles. The molecule has 0 aromatic rings. The zero-order chi connectivity index (χ0) is 9.52. The zero-order valence-corrected chi connectivity index (χ0v) is 8.04. The second-order valence-corrected chi connectivity index (χ2v) is 3.32. The van der Waals surface area contributed by atoms with Gasteiger partial charge in [0.15, 0.2) is 0 Å². The molecule has 1 heterocycles. The first-order valence-electron chi connectivity index (χ1n) is 4.87. The number of hydrogen-bond acceptors (Lipinski definition) is 3. The Morgan fingerprint density at radius 2 is 2.15 bits per heavy atom. The first-order chi connectivity index (χ1) is 6.36. The molecule has 0 aromatic carbocycles. The minimum absolute atomic E-state index is 0.399. The molecule has 1 radical (unpaired) electrons. The summed E-state index contributed by atoms with van der Waals surface area (Å²) in [7, 11) is 0. The van der Waals surface area contributed by atoms with Gasteiger partial charge in [0, 0.05) is 32.7 Å². The average Bonchev–Trinajstić information content (AvgIpc) is 2.17. The van der Waals surface area contributed by atoms with Crippen LogP contribution in [0.25, 0.3) is 0 Å². The molecule has 3 heteroatoms. The smallest absolute Gasteiger partial charge is 0.0635 e. The first kappa shape index (κ1) is 10.5. The van der Waals surface area contributed by atoms with Crippen LogP contribution in [0.4, 0.5) is 0 Å². The molecule has 0 aromatic heterocycles. The van der Waals surface area contributed by atoms with E-state index in [0.717, 1.165) is 32.5 Å². The van der Waals surface area contributed by atoms with Gasteiger partial charge in [-0.1, -0.05) is 0 Å². The van der Waals surface area contributed by atoms with E-state index in [4.69, 9.17) is 10.00 Å². The van der Waals surface area contributed by atoms with E-state index in [9.17, 15) is 0 Å². The van der Waals surface area contributed by atoms with Gasteiger partial charge < -0.3 is 9.64 Å². The molecule has 3 nitrogen and oxygen atoms in total. The van der Waals surface area contributed by atoms with E-state index < -0.39 is 0 Å². The average molecular weight is 181 g/mol. The number of ether oxygens (including phenoxy) is 1. The van der Waals surface area contributed by atoms with Gasteiger partial charge in [-0.3, -0.25) is 0 Å². The number of nitrogens with zero attached hydrogens (tertiary/aromatic N) is 2. The quantitative estimate of drug-likeness (QED) is 0.654. The molecule has 73 valence electrons. The van der Waals surface area contributed by atoms with Crippen LogP contribution in [0.15, 0.2) is 0 Å². The van der Waals surface area contributed by atoms with Crippen LogP contribution in [0, 0.1) is 18.3 Å². The standard InChI is InChI=1S/C10H17N2O/c1-2-13-10-4-8-12(9-5-10)7-3-6-11/h10H,1-5,7-9H2. The Bertz CT molecular complexity index is 168. The zero-order valence-electron chi connectivity index (χ0n) is 8.04. The summed E-state index contributed by atoms with van der Waals surface area (Å²) in [5.74, 6) is 0. The van der Waals surface area contributed by atoms with E-state index >= 15 is 0 Å². The van der Waals surface area contributed by atoms with Crippen molar-refractivity contribution < 1.29 is 4.74 Å². The monoisotopic (exact) mass is 181 g/mol. The predicted molar refractivity (Wildman–Crippen MR) is 51.0 cm³/mol. The molecule has 0 amide bonds. The largest absolute Gasteiger partial charge is 0.378 e. The van der Waals surface area contributed by atoms with Crippen molar-refractivity contribution in [3.05, 3.63) is 6.92 Å². The molecule has 0 unspecified atom stereocenters. The summed E-state index contributed by atoms with van der Waals surface area (Å²) in [4.78, 5) is 2.33. The van der Waals surface area contributed by atoms with Gasteiger partial charge in [-0.15, -0.1) is 0 Å². The second kappa shape index (κ2) is 5.95. The summed E-state index contributed by atoms with van der Waals surface area (Å²) in [6.45, 7) is 7.28. The van der Waals surface area contributed by atoms with E-state index in [0.29, 0.717) is 19.1 Å². The lowest BCUT2D eigenvalue weighted by molar-refractivity contribution is 0.0218. The van der Waals surface area contributed by atoms with Crippen LogP contribution in [-0.4, -0.2) is 37.2 Å². The van der Waals surface area contributed by atoms with Crippen LogP contribution in [-0.2, 0) is 4.74 Å². The van der Waals surface area contributed by atoms with Gasteiger partial charge in [0.2, 0.25) is 0 Å². The number of piperidine rings is 1. The molecule has 1 rings (SSSR count). The Kier molecular flexibility index (Phi) is 4.81. The molecule has 0 saturated carbocycles. The lowest BCUT2D eigenvalue weighted by Gasteiger charge is -2.30. The van der Waals surface area contributed by atoms with Gasteiger partial charge >= 0.3 is 0 Å². The fourth-order valence-corrected chi connectivity index (χ4v) is 1.67. The summed E-state index contributed by atoms with van der Waals surface area (Å²) >= 11 is 0. The molecule has 0 bridgehead atoms. The van der Waals surface area contributed by atoms with Crippen molar-refractivity contribution in [3.63, 3.8) is 0 Å². The Morgan fingerprint density at radius 1 is 1.46 bits per heavy atom. The highest BCUT2D eigenvalue weighted by Crippen LogP contribution is 2.13. The SMILES string of the molecule is [CH2]COC1CCN(CCC#N)CC1. The molecule has 1 fully saturated rings. The molecule has 1 aliphatic heterocycles. The lowest BCUT2D eigenvalue weighted by atomic mass is 10.1. The van der Waals surface area contributed by atoms with E-state index in [2.05, 4.69) is 17.9 Å². The molecule has 13 heavy (non-hydrogen) atoms. The molecule has 0 spiro atoms. The van der Waals surface area contributed by atoms with E-state index in [1.807, 2.05) is 0 Å². The van der Waals surface area contributed by atoms with Crippen LogP contribution < -0.4 is 0 Å². The van der Waals surface area contributed by atoms with Gasteiger partial charge in [-0.25, -0.2) is 0 Å². The van der Waals surface area contributed by atoms with Crippen molar-refractivity contribution >= 4 is 0 Å². The fraction of sp³-hybridized carbons (Fsp3) is 0.800. The summed E-state index contributed by atoms with van der Waals surface area (Å²) in [6.07, 6.45) is 3.21. The summed E-state index contributed by atoms with van der Waals surface area (Å²) < 4.78 is 5.43. The third-order valence-corrected chi connectivity index (χ3v) is 2.43. The third kappa shape index (κ3) is 3.75. The van der Waals surface area contributed by atoms with Gasteiger partial charge in [0.05, 0.1) is 12.2 Å². The Morgan fingerprint density at radius 3 is 2.69 bits per heavy atom. The van der Waals surface area contributed by atoms with Crippen LogP contribution in [0.2, 0.25) is 0 Å². The van der Waals surface area contributed by atoms with Crippen LogP contribution in [0.5, 0.6) is 0 Å². The third-order valence-electron chi connectivity index (χ3n) is 2.43. The maximum absolute atomic E-state index is 8.42. The highest BCUT2D eigenvalue weighted by molar-refractivity contribution is 4.77. The number of likely N-dealkylation sites (tertiary alicyclic amines) is 1. The number of nitriles is 1. The fourth-order valence-electron chi connectivity index (χ4n) is 1.67. The molecule has 0 N–H and O–H groups in total. The van der Waals surface area contributed by atoms with Crippen molar-refractivity contribution in [3.8, 4) is 6.07 Å². The van der Waals surface area contributed by atoms with Crippen molar-refractivity contribution in [2.75, 3.05) is 26.2 Å². The summed E-state index contributed by atoms with van der Waals surface area (Å²) in [5, 5.41) is 8.42. The van der Waals surface area contributed by atoms with Crippen molar-refractivity contribution in [2.24, 2.45) is 0 Å². The van der Waals surface area contributed by atoms with Crippen molar-refractivity contribution in [1.29, 1.82) is 5.26 Å². The molecular formula is C10H17N2O. The van der Waals surface area contributed by atoms with Crippen LogP contribution in [0.1, 0.15) is 19.3 Å². The Balaban J connectivity index is 2.12. The van der Waals surface area contributed by atoms with Gasteiger partial charge in [0.1, 0.15) is 0 Å². The summed E-state index contributed by atoms with van der Waals surface area (Å²) in [5.41, 5.74) is 0. The van der Waals surface area contributed by atoms with Crippen LogP contribution >= 0.6 is 0 Å². The van der Waals surface area contributed by atoms with Crippen LogP contribution in [0.3, 0.4) is 0 Å². The van der Waals surface area contributed by atoms with E-state index in [1.54, 1.807) is 0 Å². The minimum atomic E-state index is 0.399. The second-order valence-electron chi connectivity index (χ2n) is 3.32. The molecule has 1 aliphatic rings. The molecular weight excluding hydrogens is 164 g/mol. The van der Waals surface area contributed by atoms with Gasteiger partial charge in [-0.2, -0.15) is 5.26 Å². The molecule has 0 aliphatic carbocycles. The normalized spacial score (nSPS) is 20.0.